The zero-order chi connectivity index (χ0) is 15.4. The van der Waals surface area contributed by atoms with Crippen molar-refractivity contribution in [1.29, 1.82) is 0 Å². The van der Waals surface area contributed by atoms with Crippen LogP contribution in [-0.4, -0.2) is 16.3 Å². The second-order valence-electron chi connectivity index (χ2n) is 6.13. The van der Waals surface area contributed by atoms with Crippen molar-refractivity contribution in [2.45, 2.75) is 39.4 Å². The van der Waals surface area contributed by atoms with Gasteiger partial charge in [0, 0.05) is 0 Å². The molecule has 0 fully saturated rings. The van der Waals surface area contributed by atoms with E-state index in [9.17, 15) is 10.2 Å². The maximum Gasteiger partial charge on any atom is 0.105 e. The molecule has 2 nitrogen and oxygen atoms in total. The Morgan fingerprint density at radius 3 is 1.76 bits per heavy atom. The number of hydrogen-bond acceptors (Lipinski definition) is 2. The van der Waals surface area contributed by atoms with Crippen LogP contribution in [0.15, 0.2) is 48.5 Å². The van der Waals surface area contributed by atoms with Crippen molar-refractivity contribution in [3.63, 3.8) is 0 Å². The minimum Gasteiger partial charge on any atom is -0.390 e. The maximum absolute atomic E-state index is 10.2. The summed E-state index contributed by atoms with van der Waals surface area (Å²) >= 11 is 0. The third-order valence-corrected chi connectivity index (χ3v) is 3.71. The highest BCUT2D eigenvalue weighted by atomic mass is 16.3. The number of aryl methyl sites for hydroxylation is 1. The first-order valence-corrected chi connectivity index (χ1v) is 7.50. The summed E-state index contributed by atoms with van der Waals surface area (Å²) in [6, 6.07) is 16.1. The molecule has 2 aromatic rings. The van der Waals surface area contributed by atoms with Crippen LogP contribution in [0.3, 0.4) is 0 Å². The lowest BCUT2D eigenvalue weighted by Gasteiger charge is -2.20. The van der Waals surface area contributed by atoms with Crippen molar-refractivity contribution in [2.75, 3.05) is 0 Å². The standard InChI is InChI=1S/C19H24O2/c1-13(2)12-18(20)19(21)17-10-8-16(9-11-17)15-6-4-14(3)5-7-15/h4-11,13,18-21H,12H2,1-3H3. The van der Waals surface area contributed by atoms with Gasteiger partial charge in [-0.15, -0.1) is 0 Å². The van der Waals surface area contributed by atoms with Crippen LogP contribution in [0.5, 0.6) is 0 Å². The first kappa shape index (κ1) is 15.7. The molecule has 0 aliphatic heterocycles. The SMILES string of the molecule is Cc1ccc(-c2ccc(C(O)C(O)CC(C)C)cc2)cc1. The lowest BCUT2D eigenvalue weighted by atomic mass is 9.95. The second kappa shape index (κ2) is 6.88. The van der Waals surface area contributed by atoms with Crippen LogP contribution in [0, 0.1) is 12.8 Å². The van der Waals surface area contributed by atoms with E-state index in [0.29, 0.717) is 12.3 Å². The molecule has 0 saturated heterocycles. The Labute approximate surface area is 127 Å². The Hall–Kier alpha value is -1.64. The summed E-state index contributed by atoms with van der Waals surface area (Å²) in [5.41, 5.74) is 4.27. The van der Waals surface area contributed by atoms with Crippen molar-refractivity contribution < 1.29 is 10.2 Å². The van der Waals surface area contributed by atoms with Crippen molar-refractivity contribution in [2.24, 2.45) is 5.92 Å². The third-order valence-electron chi connectivity index (χ3n) is 3.71. The predicted molar refractivity (Wildman–Crippen MR) is 87.0 cm³/mol. The first-order valence-electron chi connectivity index (χ1n) is 7.50. The van der Waals surface area contributed by atoms with E-state index < -0.39 is 12.2 Å². The highest BCUT2D eigenvalue weighted by molar-refractivity contribution is 5.64. The summed E-state index contributed by atoms with van der Waals surface area (Å²) in [5.74, 6) is 0.362. The van der Waals surface area contributed by atoms with Gasteiger partial charge < -0.3 is 10.2 Å². The van der Waals surface area contributed by atoms with E-state index in [-0.39, 0.29) is 0 Å². The quantitative estimate of drug-likeness (QED) is 0.867. The molecule has 112 valence electrons. The molecule has 2 N–H and O–H groups in total. The monoisotopic (exact) mass is 284 g/mol. The lowest BCUT2D eigenvalue weighted by Crippen LogP contribution is -2.20. The molecular weight excluding hydrogens is 260 g/mol. The molecule has 2 rings (SSSR count). The highest BCUT2D eigenvalue weighted by Crippen LogP contribution is 2.25. The van der Waals surface area contributed by atoms with E-state index in [1.165, 1.54) is 5.56 Å². The molecule has 0 heterocycles. The molecule has 0 aliphatic rings. The van der Waals surface area contributed by atoms with Gasteiger partial charge >= 0.3 is 0 Å². The number of aliphatic hydroxyl groups excluding tert-OH is 2. The van der Waals surface area contributed by atoms with Crippen molar-refractivity contribution in [3.8, 4) is 11.1 Å². The molecule has 0 spiro atoms. The second-order valence-corrected chi connectivity index (χ2v) is 6.13. The Balaban J connectivity index is 2.13. The smallest absolute Gasteiger partial charge is 0.105 e. The van der Waals surface area contributed by atoms with Gasteiger partial charge in [0.2, 0.25) is 0 Å². The molecule has 2 aromatic carbocycles. The van der Waals surface area contributed by atoms with Gasteiger partial charge in [0.05, 0.1) is 6.10 Å². The summed E-state index contributed by atoms with van der Waals surface area (Å²) in [7, 11) is 0. The first-order chi connectivity index (χ1) is 9.97. The van der Waals surface area contributed by atoms with Crippen molar-refractivity contribution >= 4 is 0 Å². The van der Waals surface area contributed by atoms with E-state index in [1.807, 2.05) is 38.1 Å². The summed E-state index contributed by atoms with van der Waals surface area (Å²) in [6.07, 6.45) is -0.935. The number of benzene rings is 2. The lowest BCUT2D eigenvalue weighted by molar-refractivity contribution is 0.00635. The summed E-state index contributed by atoms with van der Waals surface area (Å²) in [5, 5.41) is 20.2. The summed E-state index contributed by atoms with van der Waals surface area (Å²) in [4.78, 5) is 0. The van der Waals surface area contributed by atoms with Gasteiger partial charge in [0.1, 0.15) is 6.10 Å². The van der Waals surface area contributed by atoms with E-state index in [2.05, 4.69) is 31.2 Å². The predicted octanol–water partition coefficient (Wildman–Crippen LogP) is 4.10. The minimum atomic E-state index is -0.820. The molecule has 0 aromatic heterocycles. The average molecular weight is 284 g/mol. The van der Waals surface area contributed by atoms with Gasteiger partial charge in [0.25, 0.3) is 0 Å². The third kappa shape index (κ3) is 4.16. The van der Waals surface area contributed by atoms with Crippen LogP contribution in [0.25, 0.3) is 11.1 Å². The Morgan fingerprint density at radius 2 is 1.29 bits per heavy atom. The molecule has 0 bridgehead atoms. The van der Waals surface area contributed by atoms with E-state index in [4.69, 9.17) is 0 Å². The van der Waals surface area contributed by atoms with Gasteiger partial charge in [0.15, 0.2) is 0 Å². The number of aliphatic hydroxyl groups is 2. The molecular formula is C19H24O2. The molecule has 0 amide bonds. The van der Waals surface area contributed by atoms with E-state index in [0.717, 1.165) is 16.7 Å². The molecule has 0 radical (unpaired) electrons. The zero-order valence-electron chi connectivity index (χ0n) is 13.0. The Kier molecular flexibility index (Phi) is 5.16. The fourth-order valence-electron chi connectivity index (χ4n) is 2.45. The van der Waals surface area contributed by atoms with Gasteiger partial charge in [-0.3, -0.25) is 0 Å². The Bertz CT molecular complexity index is 555. The van der Waals surface area contributed by atoms with Crippen molar-refractivity contribution in [3.05, 3.63) is 59.7 Å². The average Bonchev–Trinajstić information content (AvgIpc) is 2.47. The number of rotatable bonds is 5. The largest absolute Gasteiger partial charge is 0.390 e. The van der Waals surface area contributed by atoms with Gasteiger partial charge in [-0.1, -0.05) is 67.9 Å². The van der Waals surface area contributed by atoms with E-state index in [1.54, 1.807) is 0 Å². The normalized spacial score (nSPS) is 14.2. The maximum atomic E-state index is 10.2. The van der Waals surface area contributed by atoms with Crippen LogP contribution in [0.2, 0.25) is 0 Å². The molecule has 0 saturated carbocycles. The van der Waals surface area contributed by atoms with Crippen LogP contribution in [0.4, 0.5) is 0 Å². The number of hydrogen-bond donors (Lipinski definition) is 2. The van der Waals surface area contributed by atoms with Crippen LogP contribution in [0.1, 0.15) is 37.5 Å². The summed E-state index contributed by atoms with van der Waals surface area (Å²) < 4.78 is 0. The van der Waals surface area contributed by atoms with Crippen LogP contribution in [-0.2, 0) is 0 Å². The van der Waals surface area contributed by atoms with E-state index >= 15 is 0 Å². The van der Waals surface area contributed by atoms with Crippen LogP contribution >= 0.6 is 0 Å². The molecule has 2 atom stereocenters. The zero-order valence-corrected chi connectivity index (χ0v) is 13.0. The van der Waals surface area contributed by atoms with Gasteiger partial charge in [-0.2, -0.15) is 0 Å². The van der Waals surface area contributed by atoms with Gasteiger partial charge in [-0.25, -0.2) is 0 Å². The van der Waals surface area contributed by atoms with Crippen LogP contribution < -0.4 is 0 Å². The molecule has 2 unspecified atom stereocenters. The summed E-state index contributed by atoms with van der Waals surface area (Å²) in [6.45, 7) is 6.15. The topological polar surface area (TPSA) is 40.5 Å². The molecule has 0 aliphatic carbocycles. The molecule has 21 heavy (non-hydrogen) atoms. The minimum absolute atomic E-state index is 0.362. The fraction of sp³-hybridized carbons (Fsp3) is 0.368. The van der Waals surface area contributed by atoms with Crippen molar-refractivity contribution in [1.82, 2.24) is 0 Å². The molecule has 2 heteroatoms. The fourth-order valence-corrected chi connectivity index (χ4v) is 2.45. The Morgan fingerprint density at radius 1 is 0.810 bits per heavy atom. The highest BCUT2D eigenvalue weighted by Gasteiger charge is 2.19. The van der Waals surface area contributed by atoms with Gasteiger partial charge in [-0.05, 0) is 36.0 Å².